The fourth-order valence-electron chi connectivity index (χ4n) is 1.66. The normalized spacial score (nSPS) is 10.8. The third-order valence-electron chi connectivity index (χ3n) is 2.70. The molecule has 1 aromatic carbocycles. The summed E-state index contributed by atoms with van der Waals surface area (Å²) in [6, 6.07) is 7.93. The molecule has 3 N–H and O–H groups in total. The Morgan fingerprint density at radius 2 is 2.05 bits per heavy atom. The molecule has 0 saturated carbocycles. The van der Waals surface area contributed by atoms with Gasteiger partial charge in [0, 0.05) is 19.1 Å². The smallest absolute Gasteiger partial charge is 0.388 e. The van der Waals surface area contributed by atoms with Gasteiger partial charge in [-0.2, -0.15) is 0 Å². The number of hydrogen-bond acceptors (Lipinski definition) is 5. The van der Waals surface area contributed by atoms with E-state index in [0.717, 1.165) is 4.73 Å². The van der Waals surface area contributed by atoms with Crippen LogP contribution in [0.3, 0.4) is 0 Å². The molecule has 0 aliphatic rings. The molecule has 2 aromatic rings. The first kappa shape index (κ1) is 14.4. The van der Waals surface area contributed by atoms with Crippen molar-refractivity contribution in [1.29, 1.82) is 0 Å². The maximum absolute atomic E-state index is 11.2. The molecule has 7 heteroatoms. The highest BCUT2D eigenvalue weighted by atomic mass is 16.5. The third kappa shape index (κ3) is 3.53. The molecule has 0 unspecified atom stereocenters. The van der Waals surface area contributed by atoms with E-state index in [0.29, 0.717) is 16.9 Å². The van der Waals surface area contributed by atoms with Crippen LogP contribution in [0, 0.1) is 6.92 Å². The molecule has 0 fully saturated rings. The van der Waals surface area contributed by atoms with Gasteiger partial charge in [-0.25, -0.2) is 0 Å². The predicted molar refractivity (Wildman–Crippen MR) is 75.1 cm³/mol. The van der Waals surface area contributed by atoms with Gasteiger partial charge in [0.25, 0.3) is 0 Å². The lowest BCUT2D eigenvalue weighted by Gasteiger charge is -2.06. The van der Waals surface area contributed by atoms with E-state index in [-0.39, 0.29) is 17.5 Å². The average Bonchev–Trinajstić information content (AvgIpc) is 2.42. The Labute approximate surface area is 121 Å². The zero-order chi connectivity index (χ0) is 15.4. The molecule has 0 radical (unpaired) electrons. The number of aromatic nitrogens is 1. The van der Waals surface area contributed by atoms with Crippen LogP contribution in [0.25, 0.3) is 0 Å². The molecule has 7 nitrogen and oxygen atoms in total. The lowest BCUT2D eigenvalue weighted by atomic mass is 10.1. The third-order valence-corrected chi connectivity index (χ3v) is 2.70. The molecule has 1 aromatic heterocycles. The number of aromatic hydroxyl groups is 1. The molecule has 0 atom stereocenters. The van der Waals surface area contributed by atoms with Crippen LogP contribution in [0.1, 0.15) is 12.5 Å². The van der Waals surface area contributed by atoms with Crippen LogP contribution in [0.4, 0.5) is 17.2 Å². The minimum Gasteiger partial charge on any atom is -0.508 e. The predicted octanol–water partition coefficient (Wildman–Crippen LogP) is 2.60. The monoisotopic (exact) mass is 287 g/mol. The van der Waals surface area contributed by atoms with Crippen LogP contribution >= 0.6 is 0 Å². The lowest BCUT2D eigenvalue weighted by molar-refractivity contribution is -0.894. The number of rotatable bonds is 3. The lowest BCUT2D eigenvalue weighted by Crippen LogP contribution is -2.28. The minimum absolute atomic E-state index is 0.0506. The number of amides is 1. The number of aryl methyl sites for hydroxylation is 1. The van der Waals surface area contributed by atoms with Crippen LogP contribution in [0.5, 0.6) is 5.75 Å². The van der Waals surface area contributed by atoms with Gasteiger partial charge in [-0.05, 0) is 40.5 Å². The molecule has 0 aliphatic heterocycles. The molecule has 1 heterocycles. The summed E-state index contributed by atoms with van der Waals surface area (Å²) in [7, 11) is 0. The summed E-state index contributed by atoms with van der Waals surface area (Å²) in [5.41, 5.74) is 1.32. The fraction of sp³-hybridized carbons (Fsp3) is 0.143. The summed E-state index contributed by atoms with van der Waals surface area (Å²) < 4.78 is 0.828. The number of phenolic OH excluding ortho intramolecular Hbond substituents is 1. The minimum atomic E-state index is -0.286. The molecule has 1 amide bonds. The van der Waals surface area contributed by atoms with Gasteiger partial charge in [0.15, 0.2) is 0 Å². The SMILES string of the molecule is CC(=O)Nc1cc(O)c(C)cc1N=Nc1cccc[n+]1O. The van der Waals surface area contributed by atoms with Gasteiger partial charge < -0.3 is 15.6 Å². The number of azo groups is 1. The Hall–Kier alpha value is -2.96. The van der Waals surface area contributed by atoms with Crippen molar-refractivity contribution in [2.24, 2.45) is 10.2 Å². The van der Waals surface area contributed by atoms with Crippen molar-refractivity contribution in [2.75, 3.05) is 5.32 Å². The van der Waals surface area contributed by atoms with Gasteiger partial charge in [-0.3, -0.25) is 4.79 Å². The first-order chi connectivity index (χ1) is 9.97. The summed E-state index contributed by atoms with van der Waals surface area (Å²) in [6.07, 6.45) is 1.42. The van der Waals surface area contributed by atoms with Crippen molar-refractivity contribution in [3.63, 3.8) is 0 Å². The number of benzene rings is 1. The Morgan fingerprint density at radius 1 is 1.29 bits per heavy atom. The summed E-state index contributed by atoms with van der Waals surface area (Å²) >= 11 is 0. The molecule has 0 spiro atoms. The number of anilines is 1. The van der Waals surface area contributed by atoms with E-state index in [1.807, 2.05) is 0 Å². The van der Waals surface area contributed by atoms with E-state index in [4.69, 9.17) is 0 Å². The van der Waals surface area contributed by atoms with Crippen molar-refractivity contribution in [2.45, 2.75) is 13.8 Å². The molecule has 0 aliphatic carbocycles. The number of carbonyl (C=O) groups excluding carboxylic acids is 1. The Kier molecular flexibility index (Phi) is 4.13. The molecule has 0 bridgehead atoms. The average molecular weight is 287 g/mol. The van der Waals surface area contributed by atoms with E-state index in [1.165, 1.54) is 19.2 Å². The summed E-state index contributed by atoms with van der Waals surface area (Å²) in [5.74, 6) is -0.00160. The van der Waals surface area contributed by atoms with Crippen LogP contribution in [0.2, 0.25) is 0 Å². The zero-order valence-electron chi connectivity index (χ0n) is 11.6. The standard InChI is InChI=1S/C14H14N4O3/c1-9-7-12(11(8-13(9)20)15-10(2)19)16-17-14-5-3-4-6-18(14)21/h3-8,21H,1-2H3,(H,15,19,20)/p+1. The number of carbonyl (C=O) groups is 1. The van der Waals surface area contributed by atoms with Crippen LogP contribution < -0.4 is 10.0 Å². The topological polar surface area (TPSA) is 98.2 Å². The van der Waals surface area contributed by atoms with Gasteiger partial charge >= 0.3 is 5.82 Å². The van der Waals surface area contributed by atoms with Gasteiger partial charge in [0.05, 0.1) is 10.8 Å². The van der Waals surface area contributed by atoms with Crippen LogP contribution in [0.15, 0.2) is 46.8 Å². The second kappa shape index (κ2) is 6.00. The number of phenols is 1. The Morgan fingerprint density at radius 3 is 2.71 bits per heavy atom. The molecule has 21 heavy (non-hydrogen) atoms. The van der Waals surface area contributed by atoms with Crippen molar-refractivity contribution >= 4 is 23.1 Å². The van der Waals surface area contributed by atoms with Crippen molar-refractivity contribution in [3.8, 4) is 5.75 Å². The van der Waals surface area contributed by atoms with Crippen molar-refractivity contribution in [1.82, 2.24) is 0 Å². The second-order valence-corrected chi connectivity index (χ2v) is 4.44. The molecular weight excluding hydrogens is 272 g/mol. The summed E-state index contributed by atoms with van der Waals surface area (Å²) in [4.78, 5) is 11.2. The molecular formula is C14H15N4O3+. The van der Waals surface area contributed by atoms with E-state index in [2.05, 4.69) is 15.5 Å². The zero-order valence-corrected chi connectivity index (χ0v) is 11.6. The quantitative estimate of drug-likeness (QED) is 0.459. The van der Waals surface area contributed by atoms with Gasteiger partial charge in [0.2, 0.25) is 5.91 Å². The Balaban J connectivity index is 2.41. The summed E-state index contributed by atoms with van der Waals surface area (Å²) in [6.45, 7) is 3.07. The van der Waals surface area contributed by atoms with E-state index < -0.39 is 0 Å². The molecule has 108 valence electrons. The maximum Gasteiger partial charge on any atom is 0.388 e. The van der Waals surface area contributed by atoms with Crippen molar-refractivity contribution < 1.29 is 19.8 Å². The largest absolute Gasteiger partial charge is 0.508 e. The first-order valence-corrected chi connectivity index (χ1v) is 6.20. The highest BCUT2D eigenvalue weighted by molar-refractivity contribution is 5.92. The van der Waals surface area contributed by atoms with E-state index in [1.54, 1.807) is 31.2 Å². The summed E-state index contributed by atoms with van der Waals surface area (Å²) in [5, 5.41) is 29.8. The van der Waals surface area contributed by atoms with Gasteiger partial charge in [-0.1, -0.05) is 0 Å². The number of nitrogens with one attached hydrogen (secondary N) is 1. The molecule has 0 saturated heterocycles. The van der Waals surface area contributed by atoms with Crippen LogP contribution in [-0.2, 0) is 4.79 Å². The van der Waals surface area contributed by atoms with E-state index in [9.17, 15) is 15.1 Å². The molecule has 2 rings (SSSR count). The van der Waals surface area contributed by atoms with Gasteiger partial charge in [-0.15, -0.1) is 0 Å². The number of nitrogens with zero attached hydrogens (tertiary/aromatic N) is 3. The van der Waals surface area contributed by atoms with E-state index >= 15 is 0 Å². The highest BCUT2D eigenvalue weighted by Crippen LogP contribution is 2.33. The maximum atomic E-state index is 11.2. The first-order valence-electron chi connectivity index (χ1n) is 6.20. The van der Waals surface area contributed by atoms with Crippen molar-refractivity contribution in [3.05, 3.63) is 42.1 Å². The fourth-order valence-corrected chi connectivity index (χ4v) is 1.66. The highest BCUT2D eigenvalue weighted by Gasteiger charge is 2.12. The second-order valence-electron chi connectivity index (χ2n) is 4.44. The van der Waals surface area contributed by atoms with Gasteiger partial charge in [0.1, 0.15) is 17.6 Å². The Bertz CT molecular complexity index is 713. The number of hydrogen-bond donors (Lipinski definition) is 3. The van der Waals surface area contributed by atoms with Crippen LogP contribution in [-0.4, -0.2) is 16.2 Å². The number of pyridine rings is 1.